The van der Waals surface area contributed by atoms with Gasteiger partial charge in [0.05, 0.1) is 0 Å². The molecule has 0 heterocycles. The summed E-state index contributed by atoms with van der Waals surface area (Å²) in [6.07, 6.45) is 7.94. The molecule has 2 fully saturated rings. The van der Waals surface area contributed by atoms with E-state index in [4.69, 9.17) is 12.2 Å². The largest absolute Gasteiger partial charge is 0.495 e. The summed E-state index contributed by atoms with van der Waals surface area (Å²) in [5.74, 6) is 4.51. The second-order valence-corrected chi connectivity index (χ2v) is 12.7. The van der Waals surface area contributed by atoms with Crippen molar-refractivity contribution in [2.75, 3.05) is 0 Å². The Morgan fingerprint density at radius 3 is 1.50 bits per heavy atom. The first-order valence-electron chi connectivity index (χ1n) is 10.2. The highest BCUT2D eigenvalue weighted by atomic mass is 32.2. The van der Waals surface area contributed by atoms with E-state index < -0.39 is 10.9 Å². The molecule has 1 N–H and O–H groups in total. The molecular weight excluding hydrogens is 332 g/mol. The van der Waals surface area contributed by atoms with Crippen LogP contribution in [-0.2, 0) is 0 Å². The lowest BCUT2D eigenvalue weighted by molar-refractivity contribution is 0.227. The van der Waals surface area contributed by atoms with Crippen molar-refractivity contribution in [3.05, 3.63) is 0 Å². The average Bonchev–Trinajstić information content (AvgIpc) is 2.46. The maximum absolute atomic E-state index is 10.6. The van der Waals surface area contributed by atoms with Crippen molar-refractivity contribution < 1.29 is 5.11 Å². The molecule has 2 saturated carbocycles. The molecule has 6 atom stereocenters. The Kier molecular flexibility index (Phi) is 7.49. The molecule has 0 radical (unpaired) electrons. The van der Waals surface area contributed by atoms with Crippen molar-refractivity contribution in [1.29, 1.82) is 0 Å². The van der Waals surface area contributed by atoms with E-state index in [1.54, 1.807) is 0 Å². The molecule has 2 rings (SSSR count). The van der Waals surface area contributed by atoms with Gasteiger partial charge < -0.3 is 5.11 Å². The number of thiol groups is 1. The van der Waals surface area contributed by atoms with Crippen molar-refractivity contribution in [1.82, 2.24) is 0 Å². The normalized spacial score (nSPS) is 39.9. The van der Waals surface area contributed by atoms with Gasteiger partial charge in [0.1, 0.15) is 0 Å². The molecule has 0 amide bonds. The summed E-state index contributed by atoms with van der Waals surface area (Å²) in [6, 6.07) is 0. The molecule has 0 aromatic rings. The molecular formula is C21H40OS2. The van der Waals surface area contributed by atoms with Gasteiger partial charge in [0.2, 0.25) is 0 Å². The van der Waals surface area contributed by atoms with Crippen LogP contribution in [0.25, 0.3) is 0 Å². The van der Waals surface area contributed by atoms with Crippen LogP contribution in [0.15, 0.2) is 0 Å². The van der Waals surface area contributed by atoms with Crippen molar-refractivity contribution >= 4 is 27.5 Å². The maximum atomic E-state index is 10.6. The van der Waals surface area contributed by atoms with Crippen LogP contribution in [0.1, 0.15) is 80.1 Å². The molecule has 0 bridgehead atoms. The maximum Gasteiger partial charge on any atom is 0.197 e. The fraction of sp³-hybridized carbons (Fsp3) is 0.952. The summed E-state index contributed by atoms with van der Waals surface area (Å²) in [5, 5.41) is 12.0. The summed E-state index contributed by atoms with van der Waals surface area (Å²) >= 11 is 5.52. The van der Waals surface area contributed by atoms with Gasteiger partial charge in [-0.05, 0) is 83.9 Å². The topological polar surface area (TPSA) is 20.2 Å². The molecule has 2 aliphatic carbocycles. The third-order valence-corrected chi connectivity index (χ3v) is 10.6. The Hall–Kier alpha value is 0.240. The van der Waals surface area contributed by atoms with Gasteiger partial charge in [0.15, 0.2) is 4.38 Å². The number of rotatable bonds is 4. The number of aliphatic hydroxyl groups excluding tert-OH is 1. The van der Waals surface area contributed by atoms with Gasteiger partial charge in [0, 0.05) is 0 Å². The van der Waals surface area contributed by atoms with Crippen LogP contribution in [0.4, 0.5) is 0 Å². The van der Waals surface area contributed by atoms with E-state index in [1.807, 2.05) is 0 Å². The van der Waals surface area contributed by atoms with Gasteiger partial charge in [-0.15, -0.1) is 0 Å². The van der Waals surface area contributed by atoms with Gasteiger partial charge in [0.25, 0.3) is 0 Å². The zero-order valence-corrected chi connectivity index (χ0v) is 18.4. The molecule has 0 aromatic carbocycles. The highest BCUT2D eigenvalue weighted by Crippen LogP contribution is 2.56. The van der Waals surface area contributed by atoms with Crippen LogP contribution in [0.5, 0.6) is 0 Å². The third-order valence-electron chi connectivity index (χ3n) is 6.91. The van der Waals surface area contributed by atoms with Gasteiger partial charge in [-0.2, -0.15) is 10.9 Å². The molecule has 0 saturated heterocycles. The summed E-state index contributed by atoms with van der Waals surface area (Å²) in [5.41, 5.74) is 0. The van der Waals surface area contributed by atoms with Crippen molar-refractivity contribution in [3.8, 4) is 0 Å². The third kappa shape index (κ3) is 4.69. The Balaban J connectivity index is 2.32. The fourth-order valence-corrected chi connectivity index (χ4v) is 10.3. The summed E-state index contributed by atoms with van der Waals surface area (Å²) in [6.45, 7) is 14.3. The summed E-state index contributed by atoms with van der Waals surface area (Å²) in [7, 11) is -0.566. The number of hydrogen-bond acceptors (Lipinski definition) is 1. The van der Waals surface area contributed by atoms with Crippen molar-refractivity contribution in [3.63, 3.8) is 0 Å². The lowest BCUT2D eigenvalue weighted by atomic mass is 9.76. The first-order valence-corrected chi connectivity index (χ1v) is 12.1. The molecule has 142 valence electrons. The molecule has 6 unspecified atom stereocenters. The Morgan fingerprint density at radius 1 is 0.833 bits per heavy atom. The summed E-state index contributed by atoms with van der Waals surface area (Å²) in [4.78, 5) is 0. The van der Waals surface area contributed by atoms with Crippen LogP contribution in [0.2, 0.25) is 0 Å². The molecule has 0 spiro atoms. The highest BCUT2D eigenvalue weighted by Gasteiger charge is 2.43. The van der Waals surface area contributed by atoms with E-state index in [-0.39, 0.29) is 0 Å². The number of thiocarbonyl (C=S) groups is 1. The Morgan fingerprint density at radius 2 is 1.21 bits per heavy atom. The van der Waals surface area contributed by atoms with Crippen LogP contribution in [-0.4, -0.2) is 20.0 Å². The zero-order valence-electron chi connectivity index (χ0n) is 16.7. The first kappa shape index (κ1) is 20.6. The Bertz CT molecular complexity index is 388. The van der Waals surface area contributed by atoms with Crippen LogP contribution >= 0.6 is 23.1 Å². The number of aliphatic hydroxyl groups is 1. The lowest BCUT2D eigenvalue weighted by Crippen LogP contribution is -2.41. The minimum absolute atomic E-state index is 0.388. The van der Waals surface area contributed by atoms with Gasteiger partial charge in [-0.1, -0.05) is 54.4 Å². The molecule has 3 heteroatoms. The molecule has 24 heavy (non-hydrogen) atoms. The average molecular weight is 373 g/mol. The monoisotopic (exact) mass is 372 g/mol. The summed E-state index contributed by atoms with van der Waals surface area (Å²) < 4.78 is 0.388. The molecule has 0 aromatic heterocycles. The van der Waals surface area contributed by atoms with E-state index in [2.05, 4.69) is 41.5 Å². The Labute approximate surface area is 158 Å². The zero-order chi connectivity index (χ0) is 18.0. The quantitative estimate of drug-likeness (QED) is 0.420. The smallest absolute Gasteiger partial charge is 0.197 e. The minimum Gasteiger partial charge on any atom is -0.495 e. The van der Waals surface area contributed by atoms with Crippen molar-refractivity contribution in [2.45, 2.75) is 90.6 Å². The van der Waals surface area contributed by atoms with Gasteiger partial charge in [-0.3, -0.25) is 0 Å². The van der Waals surface area contributed by atoms with E-state index >= 15 is 0 Å². The second-order valence-electron chi connectivity index (χ2n) is 9.48. The first-order chi connectivity index (χ1) is 11.2. The number of hydrogen-bond donors (Lipinski definition) is 2. The van der Waals surface area contributed by atoms with Gasteiger partial charge in [-0.25, -0.2) is 0 Å². The fourth-order valence-electron chi connectivity index (χ4n) is 5.47. The van der Waals surface area contributed by atoms with Gasteiger partial charge >= 0.3 is 0 Å². The lowest BCUT2D eigenvalue weighted by Gasteiger charge is -2.50. The molecule has 2 aliphatic rings. The van der Waals surface area contributed by atoms with E-state index in [1.165, 1.54) is 38.5 Å². The molecule has 0 aliphatic heterocycles. The highest BCUT2D eigenvalue weighted by molar-refractivity contribution is 8.36. The van der Waals surface area contributed by atoms with Crippen LogP contribution in [0.3, 0.4) is 0 Å². The van der Waals surface area contributed by atoms with Crippen molar-refractivity contribution in [2.24, 2.45) is 35.5 Å². The van der Waals surface area contributed by atoms with E-state index in [9.17, 15) is 5.11 Å². The predicted molar refractivity (Wildman–Crippen MR) is 114 cm³/mol. The van der Waals surface area contributed by atoms with E-state index in [0.717, 1.165) is 23.7 Å². The predicted octanol–water partition coefficient (Wildman–Crippen LogP) is 6.75. The van der Waals surface area contributed by atoms with E-state index in [0.29, 0.717) is 26.7 Å². The molecule has 1 nitrogen and oxygen atoms in total. The second kappa shape index (κ2) is 8.75. The van der Waals surface area contributed by atoms with Crippen LogP contribution < -0.4 is 0 Å². The standard InChI is InChI=1S/C21H40OS2/c1-13(2)17-9-7-15(5)11-19(17)24(21(22)23)20-12-16(6)8-10-18(20)14(3)4/h13-20,24H,7-12H2,1-6H3,(H,22,23). The van der Waals surface area contributed by atoms with Crippen LogP contribution in [0, 0.1) is 35.5 Å². The SMILES string of the molecule is CC1CCC(C(C)C)C([SH](C(O)=S)C2CC(C)CCC2C(C)C)C1. The minimum atomic E-state index is -0.566.